The van der Waals surface area contributed by atoms with Crippen LogP contribution in [-0.2, 0) is 9.53 Å². The predicted octanol–water partition coefficient (Wildman–Crippen LogP) is 1.45. The Hall–Kier alpha value is -1.30. The summed E-state index contributed by atoms with van der Waals surface area (Å²) < 4.78 is 5.55. The molecule has 2 amide bonds. The fourth-order valence-electron chi connectivity index (χ4n) is 2.38. The zero-order valence-corrected chi connectivity index (χ0v) is 12.1. The fraction of sp³-hybridized carbons (Fsp3) is 0.846. The first-order chi connectivity index (χ1) is 8.78. The van der Waals surface area contributed by atoms with Crippen LogP contribution in [0.1, 0.15) is 40.5 Å². The van der Waals surface area contributed by atoms with Crippen molar-refractivity contribution in [1.82, 2.24) is 10.2 Å². The van der Waals surface area contributed by atoms with E-state index in [4.69, 9.17) is 4.74 Å². The molecule has 0 aromatic rings. The summed E-state index contributed by atoms with van der Waals surface area (Å²) in [5.74, 6) is -1.00. The Bertz CT molecular complexity index is 338. The second kappa shape index (κ2) is 6.23. The first kappa shape index (κ1) is 15.8. The molecule has 1 rings (SSSR count). The molecule has 2 N–H and O–H groups in total. The number of hydrogen-bond donors (Lipinski definition) is 2. The van der Waals surface area contributed by atoms with E-state index in [-0.39, 0.29) is 18.2 Å². The molecule has 110 valence electrons. The van der Waals surface area contributed by atoms with E-state index in [1.54, 1.807) is 11.8 Å². The van der Waals surface area contributed by atoms with Gasteiger partial charge in [0.15, 0.2) is 0 Å². The van der Waals surface area contributed by atoms with Crippen LogP contribution in [0.5, 0.6) is 0 Å². The lowest BCUT2D eigenvalue weighted by atomic mass is 9.96. The predicted molar refractivity (Wildman–Crippen MR) is 71.1 cm³/mol. The van der Waals surface area contributed by atoms with Crippen LogP contribution in [0.4, 0.5) is 4.79 Å². The molecule has 3 unspecified atom stereocenters. The Labute approximate surface area is 114 Å². The van der Waals surface area contributed by atoms with Crippen molar-refractivity contribution in [3.63, 3.8) is 0 Å². The van der Waals surface area contributed by atoms with Gasteiger partial charge in [0, 0.05) is 13.1 Å². The minimum atomic E-state index is -1.21. The number of carboxylic acid groups (broad SMARTS) is 1. The Kier molecular flexibility index (Phi) is 5.17. The van der Waals surface area contributed by atoms with E-state index < -0.39 is 11.5 Å². The van der Waals surface area contributed by atoms with Gasteiger partial charge in [0.25, 0.3) is 0 Å². The van der Waals surface area contributed by atoms with E-state index >= 15 is 0 Å². The number of morpholine rings is 1. The number of rotatable bonds is 4. The van der Waals surface area contributed by atoms with Crippen LogP contribution in [0.25, 0.3) is 0 Å². The second-order valence-electron chi connectivity index (χ2n) is 5.48. The maximum atomic E-state index is 12.2. The number of nitrogens with one attached hydrogen (secondary N) is 1. The summed E-state index contributed by atoms with van der Waals surface area (Å²) in [5, 5.41) is 11.9. The molecule has 0 radical (unpaired) electrons. The van der Waals surface area contributed by atoms with Crippen molar-refractivity contribution in [2.45, 2.75) is 58.3 Å². The van der Waals surface area contributed by atoms with Gasteiger partial charge in [-0.05, 0) is 27.2 Å². The van der Waals surface area contributed by atoms with Gasteiger partial charge in [-0.2, -0.15) is 0 Å². The summed E-state index contributed by atoms with van der Waals surface area (Å²) in [6.45, 7) is 8.21. The normalized spacial score (nSPS) is 26.6. The number of hydrogen-bond acceptors (Lipinski definition) is 3. The van der Waals surface area contributed by atoms with E-state index in [0.717, 1.165) is 0 Å². The van der Waals surface area contributed by atoms with E-state index in [0.29, 0.717) is 25.9 Å². The maximum absolute atomic E-state index is 12.2. The average Bonchev–Trinajstić information content (AvgIpc) is 2.27. The van der Waals surface area contributed by atoms with Crippen molar-refractivity contribution in [1.29, 1.82) is 0 Å². The highest BCUT2D eigenvalue weighted by atomic mass is 16.5. The number of carbonyl (C=O) groups excluding carboxylic acids is 1. The van der Waals surface area contributed by atoms with Gasteiger partial charge in [0.1, 0.15) is 5.54 Å². The van der Waals surface area contributed by atoms with E-state index in [1.165, 1.54) is 0 Å². The molecule has 0 aromatic heterocycles. The Morgan fingerprint density at radius 1 is 1.37 bits per heavy atom. The smallest absolute Gasteiger partial charge is 0.329 e. The summed E-state index contributed by atoms with van der Waals surface area (Å²) in [7, 11) is 0. The van der Waals surface area contributed by atoms with Gasteiger partial charge >= 0.3 is 12.0 Å². The molecule has 0 spiro atoms. The van der Waals surface area contributed by atoms with Gasteiger partial charge in [-0.25, -0.2) is 9.59 Å². The minimum absolute atomic E-state index is 0.0308. The number of ether oxygens (including phenoxy) is 1. The first-order valence-electron chi connectivity index (χ1n) is 6.74. The van der Waals surface area contributed by atoms with Gasteiger partial charge in [-0.1, -0.05) is 13.3 Å². The molecule has 0 saturated carbocycles. The Balaban J connectivity index is 2.69. The highest BCUT2D eigenvalue weighted by Gasteiger charge is 2.36. The van der Waals surface area contributed by atoms with Crippen molar-refractivity contribution >= 4 is 12.0 Å². The molecule has 1 aliphatic rings. The molecular weight excluding hydrogens is 248 g/mol. The van der Waals surface area contributed by atoms with Gasteiger partial charge < -0.3 is 20.1 Å². The molecule has 1 heterocycles. The minimum Gasteiger partial charge on any atom is -0.480 e. The first-order valence-corrected chi connectivity index (χ1v) is 6.74. The third-order valence-electron chi connectivity index (χ3n) is 3.31. The fourth-order valence-corrected chi connectivity index (χ4v) is 2.38. The van der Waals surface area contributed by atoms with Crippen molar-refractivity contribution in [2.24, 2.45) is 0 Å². The molecule has 0 aromatic carbocycles. The molecule has 19 heavy (non-hydrogen) atoms. The molecule has 1 saturated heterocycles. The van der Waals surface area contributed by atoms with Gasteiger partial charge in [-0.3, -0.25) is 0 Å². The monoisotopic (exact) mass is 272 g/mol. The van der Waals surface area contributed by atoms with Crippen LogP contribution in [0.3, 0.4) is 0 Å². The number of amides is 2. The zero-order chi connectivity index (χ0) is 14.6. The highest BCUT2D eigenvalue weighted by Crippen LogP contribution is 2.15. The summed E-state index contributed by atoms with van der Waals surface area (Å²) >= 11 is 0. The summed E-state index contributed by atoms with van der Waals surface area (Å²) in [6.07, 6.45) is 1.04. The van der Waals surface area contributed by atoms with E-state index in [1.807, 2.05) is 20.8 Å². The highest BCUT2D eigenvalue weighted by molar-refractivity contribution is 5.85. The standard InChI is InChI=1S/C13H24N2O4/c1-5-6-13(4,11(16)17)14-12(18)15-7-9(2)19-10(3)8-15/h9-10H,5-8H2,1-4H3,(H,14,18)(H,16,17). The Morgan fingerprint density at radius 2 is 1.89 bits per heavy atom. The van der Waals surface area contributed by atoms with Crippen LogP contribution in [-0.4, -0.2) is 52.8 Å². The number of carboxylic acids is 1. The molecule has 6 heteroatoms. The van der Waals surface area contributed by atoms with Crippen molar-refractivity contribution in [3.8, 4) is 0 Å². The van der Waals surface area contributed by atoms with Gasteiger partial charge in [0.05, 0.1) is 12.2 Å². The lowest BCUT2D eigenvalue weighted by molar-refractivity contribution is -0.144. The third kappa shape index (κ3) is 4.09. The summed E-state index contributed by atoms with van der Waals surface area (Å²) in [4.78, 5) is 25.1. The largest absolute Gasteiger partial charge is 0.480 e. The average molecular weight is 272 g/mol. The van der Waals surface area contributed by atoms with E-state index in [9.17, 15) is 14.7 Å². The lowest BCUT2D eigenvalue weighted by Crippen LogP contribution is -2.59. The maximum Gasteiger partial charge on any atom is 0.329 e. The van der Waals surface area contributed by atoms with Crippen molar-refractivity contribution in [2.75, 3.05) is 13.1 Å². The van der Waals surface area contributed by atoms with Crippen LogP contribution in [0.2, 0.25) is 0 Å². The quantitative estimate of drug-likeness (QED) is 0.812. The van der Waals surface area contributed by atoms with Crippen LogP contribution >= 0.6 is 0 Å². The van der Waals surface area contributed by atoms with Crippen LogP contribution in [0.15, 0.2) is 0 Å². The molecule has 1 aliphatic heterocycles. The third-order valence-corrected chi connectivity index (χ3v) is 3.31. The topological polar surface area (TPSA) is 78.9 Å². The number of aliphatic carboxylic acids is 1. The zero-order valence-electron chi connectivity index (χ0n) is 12.1. The molecule has 3 atom stereocenters. The van der Waals surface area contributed by atoms with Crippen molar-refractivity contribution < 1.29 is 19.4 Å². The number of nitrogens with zero attached hydrogens (tertiary/aromatic N) is 1. The van der Waals surface area contributed by atoms with Crippen LogP contribution < -0.4 is 5.32 Å². The van der Waals surface area contributed by atoms with Gasteiger partial charge in [0.2, 0.25) is 0 Å². The van der Waals surface area contributed by atoms with Gasteiger partial charge in [-0.15, -0.1) is 0 Å². The molecular formula is C13H24N2O4. The SMILES string of the molecule is CCCC(C)(NC(=O)N1CC(C)OC(C)C1)C(=O)O. The second-order valence-corrected chi connectivity index (χ2v) is 5.48. The molecule has 6 nitrogen and oxygen atoms in total. The number of urea groups is 1. The number of carbonyl (C=O) groups is 2. The summed E-state index contributed by atoms with van der Waals surface area (Å²) in [6, 6.07) is -0.333. The van der Waals surface area contributed by atoms with E-state index in [2.05, 4.69) is 5.32 Å². The van der Waals surface area contributed by atoms with Crippen molar-refractivity contribution in [3.05, 3.63) is 0 Å². The molecule has 1 fully saturated rings. The lowest BCUT2D eigenvalue weighted by Gasteiger charge is -2.37. The van der Waals surface area contributed by atoms with Crippen LogP contribution in [0, 0.1) is 0 Å². The Morgan fingerprint density at radius 3 is 2.32 bits per heavy atom. The molecule has 0 aliphatic carbocycles. The molecule has 0 bridgehead atoms. The summed E-state index contributed by atoms with van der Waals surface area (Å²) in [5.41, 5.74) is -1.21.